The van der Waals surface area contributed by atoms with Crippen molar-refractivity contribution in [2.24, 2.45) is 5.73 Å². The number of unbranched alkanes of at least 4 members (excludes halogenated alkanes) is 3. The molecule has 0 aromatic carbocycles. The fourth-order valence-electron chi connectivity index (χ4n) is 2.39. The molecule has 0 saturated carbocycles. The van der Waals surface area contributed by atoms with Gasteiger partial charge in [-0.3, -0.25) is 9.59 Å². The van der Waals surface area contributed by atoms with Crippen molar-refractivity contribution in [3.63, 3.8) is 0 Å². The number of furan rings is 1. The molecule has 0 bridgehead atoms. The summed E-state index contributed by atoms with van der Waals surface area (Å²) in [5.74, 6) is 0.571. The zero-order chi connectivity index (χ0) is 14.8. The molecule has 0 spiro atoms. The van der Waals surface area contributed by atoms with Crippen LogP contribution in [0.25, 0.3) is 0 Å². The van der Waals surface area contributed by atoms with Gasteiger partial charge < -0.3 is 10.2 Å². The Morgan fingerprint density at radius 3 is 2.65 bits per heavy atom. The van der Waals surface area contributed by atoms with Crippen LogP contribution in [0.1, 0.15) is 70.0 Å². The van der Waals surface area contributed by atoms with Crippen molar-refractivity contribution < 1.29 is 14.0 Å². The molecule has 4 heteroatoms. The number of nitrogens with two attached hydrogens (primary N) is 1. The number of hydrogen-bond donors (Lipinski definition) is 1. The smallest absolute Gasteiger partial charge is 0.224 e. The highest BCUT2D eigenvalue weighted by atomic mass is 16.3. The molecule has 0 saturated heterocycles. The maximum Gasteiger partial charge on any atom is 0.224 e. The van der Waals surface area contributed by atoms with Gasteiger partial charge in [0.1, 0.15) is 11.5 Å². The SMILES string of the molecule is CCCCCCC(CCC(=O)CC(N)=O)c1ccco1. The Labute approximate surface area is 120 Å². The minimum absolute atomic E-state index is 0.0809. The predicted molar refractivity (Wildman–Crippen MR) is 78.3 cm³/mol. The van der Waals surface area contributed by atoms with Crippen LogP contribution in [0.4, 0.5) is 0 Å². The molecule has 1 amide bonds. The Kier molecular flexibility index (Phi) is 7.70. The number of carbonyl (C=O) groups excluding carboxylic acids is 2. The minimum Gasteiger partial charge on any atom is -0.469 e. The lowest BCUT2D eigenvalue weighted by molar-refractivity contribution is -0.126. The number of amides is 1. The Hall–Kier alpha value is -1.58. The van der Waals surface area contributed by atoms with E-state index in [1.54, 1.807) is 6.26 Å². The number of rotatable bonds is 11. The summed E-state index contributed by atoms with van der Waals surface area (Å²) in [5, 5.41) is 0. The Bertz CT molecular complexity index is 398. The van der Waals surface area contributed by atoms with E-state index in [2.05, 4.69) is 6.92 Å². The van der Waals surface area contributed by atoms with Gasteiger partial charge in [0.05, 0.1) is 12.7 Å². The second-order valence-corrected chi connectivity index (χ2v) is 5.28. The first kappa shape index (κ1) is 16.5. The van der Waals surface area contributed by atoms with Crippen molar-refractivity contribution in [3.05, 3.63) is 24.2 Å². The monoisotopic (exact) mass is 279 g/mol. The lowest BCUT2D eigenvalue weighted by atomic mass is 9.92. The third-order valence-electron chi connectivity index (χ3n) is 3.49. The van der Waals surface area contributed by atoms with Gasteiger partial charge in [-0.05, 0) is 25.0 Å². The van der Waals surface area contributed by atoms with E-state index in [1.807, 2.05) is 12.1 Å². The van der Waals surface area contributed by atoms with Gasteiger partial charge in [0.2, 0.25) is 5.91 Å². The normalized spacial score (nSPS) is 12.2. The molecule has 1 heterocycles. The highest BCUT2D eigenvalue weighted by molar-refractivity contribution is 5.97. The van der Waals surface area contributed by atoms with E-state index in [0.29, 0.717) is 6.42 Å². The summed E-state index contributed by atoms with van der Waals surface area (Å²) < 4.78 is 5.46. The van der Waals surface area contributed by atoms with Gasteiger partial charge in [-0.1, -0.05) is 32.6 Å². The van der Waals surface area contributed by atoms with E-state index in [1.165, 1.54) is 19.3 Å². The van der Waals surface area contributed by atoms with Crippen LogP contribution in [0.3, 0.4) is 0 Å². The second kappa shape index (κ2) is 9.34. The van der Waals surface area contributed by atoms with Crippen LogP contribution in [0.15, 0.2) is 22.8 Å². The molecule has 4 nitrogen and oxygen atoms in total. The Morgan fingerprint density at radius 2 is 2.05 bits per heavy atom. The zero-order valence-corrected chi connectivity index (χ0v) is 12.3. The third kappa shape index (κ3) is 6.55. The van der Waals surface area contributed by atoms with Gasteiger partial charge in [-0.15, -0.1) is 0 Å². The maximum absolute atomic E-state index is 11.6. The first-order valence-corrected chi connectivity index (χ1v) is 7.47. The summed E-state index contributed by atoms with van der Waals surface area (Å²) in [6.45, 7) is 2.19. The highest BCUT2D eigenvalue weighted by Gasteiger charge is 2.16. The largest absolute Gasteiger partial charge is 0.469 e. The predicted octanol–water partition coefficient (Wildman–Crippen LogP) is 3.56. The van der Waals surface area contributed by atoms with Crippen LogP contribution >= 0.6 is 0 Å². The molecule has 1 rings (SSSR count). The lowest BCUT2D eigenvalue weighted by Gasteiger charge is -2.14. The van der Waals surface area contributed by atoms with Gasteiger partial charge in [0, 0.05) is 12.3 Å². The number of primary amides is 1. The number of ketones is 1. The van der Waals surface area contributed by atoms with Crippen molar-refractivity contribution in [2.75, 3.05) is 0 Å². The van der Waals surface area contributed by atoms with Gasteiger partial charge >= 0.3 is 0 Å². The summed E-state index contributed by atoms with van der Waals surface area (Å²) in [4.78, 5) is 22.3. The summed E-state index contributed by atoms with van der Waals surface area (Å²) in [6, 6.07) is 3.84. The molecular weight excluding hydrogens is 254 g/mol. The van der Waals surface area contributed by atoms with Crippen LogP contribution in [0, 0.1) is 0 Å². The average molecular weight is 279 g/mol. The fourth-order valence-corrected chi connectivity index (χ4v) is 2.39. The number of carbonyl (C=O) groups is 2. The van der Waals surface area contributed by atoms with Crippen molar-refractivity contribution >= 4 is 11.7 Å². The van der Waals surface area contributed by atoms with Crippen molar-refractivity contribution in [1.29, 1.82) is 0 Å². The topological polar surface area (TPSA) is 73.3 Å². The van der Waals surface area contributed by atoms with Gasteiger partial charge in [0.15, 0.2) is 0 Å². The molecule has 1 atom stereocenters. The molecule has 2 N–H and O–H groups in total. The molecule has 0 fully saturated rings. The summed E-state index contributed by atoms with van der Waals surface area (Å²) in [7, 11) is 0. The first-order chi connectivity index (χ1) is 9.63. The van der Waals surface area contributed by atoms with E-state index < -0.39 is 5.91 Å². The van der Waals surface area contributed by atoms with E-state index >= 15 is 0 Å². The quantitative estimate of drug-likeness (QED) is 0.497. The standard InChI is InChI=1S/C16H25NO3/c1-2-3-4-5-7-13(15-8-6-11-20-15)9-10-14(18)12-16(17)19/h6,8,11,13H,2-5,7,9-10,12H2,1H3,(H2,17,19). The summed E-state index contributed by atoms with van der Waals surface area (Å²) >= 11 is 0. The second-order valence-electron chi connectivity index (χ2n) is 5.28. The van der Waals surface area contributed by atoms with E-state index in [0.717, 1.165) is 25.0 Å². The Morgan fingerprint density at radius 1 is 1.25 bits per heavy atom. The third-order valence-corrected chi connectivity index (χ3v) is 3.49. The number of hydrogen-bond acceptors (Lipinski definition) is 3. The number of Topliss-reactive ketones (excluding diaryl/α,β-unsaturated/α-hetero) is 1. The summed E-state index contributed by atoms with van der Waals surface area (Å²) in [6.07, 6.45) is 8.46. The van der Waals surface area contributed by atoms with Crippen LogP contribution < -0.4 is 5.73 Å². The van der Waals surface area contributed by atoms with Crippen LogP contribution in [0.2, 0.25) is 0 Å². The zero-order valence-electron chi connectivity index (χ0n) is 12.3. The van der Waals surface area contributed by atoms with Gasteiger partial charge in [0.25, 0.3) is 0 Å². The van der Waals surface area contributed by atoms with Crippen LogP contribution in [-0.4, -0.2) is 11.7 Å². The molecule has 1 aromatic rings. The van der Waals surface area contributed by atoms with Crippen LogP contribution in [-0.2, 0) is 9.59 Å². The molecule has 20 heavy (non-hydrogen) atoms. The first-order valence-electron chi connectivity index (χ1n) is 7.47. The van der Waals surface area contributed by atoms with Crippen LogP contribution in [0.5, 0.6) is 0 Å². The molecule has 0 radical (unpaired) electrons. The molecule has 0 aliphatic heterocycles. The van der Waals surface area contributed by atoms with E-state index in [9.17, 15) is 9.59 Å². The van der Waals surface area contributed by atoms with E-state index in [4.69, 9.17) is 10.2 Å². The lowest BCUT2D eigenvalue weighted by Crippen LogP contribution is -2.16. The summed E-state index contributed by atoms with van der Waals surface area (Å²) in [5.41, 5.74) is 5.03. The van der Waals surface area contributed by atoms with Gasteiger partial charge in [-0.2, -0.15) is 0 Å². The average Bonchev–Trinajstić information content (AvgIpc) is 2.91. The molecule has 0 aliphatic rings. The molecule has 0 aliphatic carbocycles. The molecule has 1 unspecified atom stereocenters. The van der Waals surface area contributed by atoms with Gasteiger partial charge in [-0.25, -0.2) is 0 Å². The van der Waals surface area contributed by atoms with E-state index in [-0.39, 0.29) is 18.1 Å². The molecule has 1 aromatic heterocycles. The molecular formula is C16H25NO3. The van der Waals surface area contributed by atoms with Crippen molar-refractivity contribution in [2.45, 2.75) is 64.2 Å². The highest BCUT2D eigenvalue weighted by Crippen LogP contribution is 2.28. The molecule has 112 valence electrons. The van der Waals surface area contributed by atoms with Crippen molar-refractivity contribution in [3.8, 4) is 0 Å². The van der Waals surface area contributed by atoms with Crippen molar-refractivity contribution in [1.82, 2.24) is 0 Å². The maximum atomic E-state index is 11.6. The fraction of sp³-hybridized carbons (Fsp3) is 0.625. The Balaban J connectivity index is 2.42. The minimum atomic E-state index is -0.549.